The summed E-state index contributed by atoms with van der Waals surface area (Å²) in [5.41, 5.74) is 2.30. The molecular formula is C21H30N2O3S. The Labute approximate surface area is 163 Å². The van der Waals surface area contributed by atoms with Crippen molar-refractivity contribution in [3.63, 3.8) is 0 Å². The SMILES string of the molecule is Cc1ccc(S(=O)(=O)NCC(C)COc2ccc(CCN(C)C)cc2)cc1. The van der Waals surface area contributed by atoms with Gasteiger partial charge in [-0.1, -0.05) is 36.8 Å². The molecule has 5 nitrogen and oxygen atoms in total. The summed E-state index contributed by atoms with van der Waals surface area (Å²) in [7, 11) is 0.639. The predicted molar refractivity (Wildman–Crippen MR) is 110 cm³/mol. The maximum atomic E-state index is 12.3. The Morgan fingerprint density at radius 3 is 2.26 bits per heavy atom. The monoisotopic (exact) mass is 390 g/mol. The molecule has 0 aromatic heterocycles. The minimum Gasteiger partial charge on any atom is -0.493 e. The van der Waals surface area contributed by atoms with Crippen molar-refractivity contribution in [2.45, 2.75) is 25.2 Å². The molecule has 1 atom stereocenters. The lowest BCUT2D eigenvalue weighted by molar-refractivity contribution is 0.261. The highest BCUT2D eigenvalue weighted by Gasteiger charge is 2.15. The maximum absolute atomic E-state index is 12.3. The van der Waals surface area contributed by atoms with Crippen molar-refractivity contribution in [1.29, 1.82) is 0 Å². The molecule has 0 aliphatic rings. The van der Waals surface area contributed by atoms with E-state index in [1.54, 1.807) is 24.3 Å². The second-order valence-electron chi connectivity index (χ2n) is 7.28. The van der Waals surface area contributed by atoms with Gasteiger partial charge in [-0.15, -0.1) is 0 Å². The molecule has 0 aliphatic carbocycles. The second-order valence-corrected chi connectivity index (χ2v) is 9.05. The first-order valence-corrected chi connectivity index (χ1v) is 10.7. The summed E-state index contributed by atoms with van der Waals surface area (Å²) < 4.78 is 33.1. The minimum atomic E-state index is -3.48. The number of sulfonamides is 1. The number of nitrogens with one attached hydrogen (secondary N) is 1. The van der Waals surface area contributed by atoms with Crippen LogP contribution < -0.4 is 9.46 Å². The zero-order valence-electron chi connectivity index (χ0n) is 16.6. The largest absolute Gasteiger partial charge is 0.493 e. The summed E-state index contributed by atoms with van der Waals surface area (Å²) in [5.74, 6) is 0.857. The second kappa shape index (κ2) is 9.88. The van der Waals surface area contributed by atoms with Gasteiger partial charge in [0.05, 0.1) is 11.5 Å². The molecule has 2 rings (SSSR count). The van der Waals surface area contributed by atoms with Gasteiger partial charge in [-0.25, -0.2) is 13.1 Å². The van der Waals surface area contributed by atoms with Gasteiger partial charge < -0.3 is 9.64 Å². The van der Waals surface area contributed by atoms with Crippen molar-refractivity contribution in [2.75, 3.05) is 33.8 Å². The van der Waals surface area contributed by atoms with E-state index < -0.39 is 10.0 Å². The van der Waals surface area contributed by atoms with Crippen LogP contribution in [0.25, 0.3) is 0 Å². The van der Waals surface area contributed by atoms with Crippen molar-refractivity contribution < 1.29 is 13.2 Å². The molecule has 2 aromatic rings. The van der Waals surface area contributed by atoms with E-state index in [4.69, 9.17) is 4.74 Å². The molecule has 2 aromatic carbocycles. The molecule has 1 N–H and O–H groups in total. The molecule has 0 saturated heterocycles. The number of hydrogen-bond acceptors (Lipinski definition) is 4. The van der Waals surface area contributed by atoms with Crippen molar-refractivity contribution in [2.24, 2.45) is 5.92 Å². The quantitative estimate of drug-likeness (QED) is 0.677. The van der Waals surface area contributed by atoms with Gasteiger partial charge in [-0.05, 0) is 57.3 Å². The normalized spacial score (nSPS) is 12.9. The molecule has 0 fully saturated rings. The van der Waals surface area contributed by atoms with E-state index in [-0.39, 0.29) is 10.8 Å². The molecule has 0 amide bonds. The molecular weight excluding hydrogens is 360 g/mol. The van der Waals surface area contributed by atoms with Crippen molar-refractivity contribution in [3.05, 3.63) is 59.7 Å². The average molecular weight is 391 g/mol. The Morgan fingerprint density at radius 2 is 1.67 bits per heavy atom. The van der Waals surface area contributed by atoms with Crippen molar-refractivity contribution in [3.8, 4) is 5.75 Å². The third-order valence-corrected chi connectivity index (χ3v) is 5.70. The first-order chi connectivity index (χ1) is 12.8. The molecule has 148 valence electrons. The van der Waals surface area contributed by atoms with Crippen LogP contribution in [-0.2, 0) is 16.4 Å². The lowest BCUT2D eigenvalue weighted by Crippen LogP contribution is -2.30. The van der Waals surface area contributed by atoms with E-state index in [2.05, 4.69) is 35.9 Å². The van der Waals surface area contributed by atoms with Crippen LogP contribution in [0, 0.1) is 12.8 Å². The number of aryl methyl sites for hydroxylation is 1. The molecule has 27 heavy (non-hydrogen) atoms. The highest BCUT2D eigenvalue weighted by atomic mass is 32.2. The van der Waals surface area contributed by atoms with Crippen LogP contribution in [0.3, 0.4) is 0 Å². The van der Waals surface area contributed by atoms with Crippen LogP contribution in [0.1, 0.15) is 18.1 Å². The third-order valence-electron chi connectivity index (χ3n) is 4.26. The highest BCUT2D eigenvalue weighted by molar-refractivity contribution is 7.89. The highest BCUT2D eigenvalue weighted by Crippen LogP contribution is 2.14. The smallest absolute Gasteiger partial charge is 0.240 e. The van der Waals surface area contributed by atoms with Crippen LogP contribution in [0.4, 0.5) is 0 Å². The van der Waals surface area contributed by atoms with Gasteiger partial charge in [-0.2, -0.15) is 0 Å². The van der Waals surface area contributed by atoms with E-state index in [9.17, 15) is 8.42 Å². The Bertz CT molecular complexity index is 800. The fourth-order valence-corrected chi connectivity index (χ4v) is 3.62. The Hall–Kier alpha value is -1.89. The van der Waals surface area contributed by atoms with Crippen LogP contribution in [0.2, 0.25) is 0 Å². The lowest BCUT2D eigenvalue weighted by Gasteiger charge is -2.15. The Balaban J connectivity index is 1.78. The zero-order valence-corrected chi connectivity index (χ0v) is 17.4. The molecule has 0 saturated carbocycles. The van der Waals surface area contributed by atoms with E-state index in [1.165, 1.54) is 5.56 Å². The van der Waals surface area contributed by atoms with Crippen molar-refractivity contribution in [1.82, 2.24) is 9.62 Å². The van der Waals surface area contributed by atoms with Crippen LogP contribution in [0.15, 0.2) is 53.4 Å². The molecule has 0 bridgehead atoms. The molecule has 0 radical (unpaired) electrons. The minimum absolute atomic E-state index is 0.0543. The van der Waals surface area contributed by atoms with Gasteiger partial charge in [-0.3, -0.25) is 0 Å². The van der Waals surface area contributed by atoms with Crippen LogP contribution in [-0.4, -0.2) is 47.1 Å². The first-order valence-electron chi connectivity index (χ1n) is 9.19. The summed E-state index contributed by atoms with van der Waals surface area (Å²) in [4.78, 5) is 2.44. The summed E-state index contributed by atoms with van der Waals surface area (Å²) in [6, 6.07) is 14.9. The van der Waals surface area contributed by atoms with Crippen molar-refractivity contribution >= 4 is 10.0 Å². The molecule has 1 unspecified atom stereocenters. The van der Waals surface area contributed by atoms with E-state index in [1.807, 2.05) is 26.0 Å². The van der Waals surface area contributed by atoms with E-state index in [0.717, 1.165) is 24.3 Å². The summed E-state index contributed by atoms with van der Waals surface area (Å²) in [6.45, 7) is 5.68. The maximum Gasteiger partial charge on any atom is 0.240 e. The summed E-state index contributed by atoms with van der Waals surface area (Å²) in [5, 5.41) is 0. The fourth-order valence-electron chi connectivity index (χ4n) is 2.46. The number of likely N-dealkylation sites (N-methyl/N-ethyl adjacent to an activating group) is 1. The van der Waals surface area contributed by atoms with E-state index in [0.29, 0.717) is 13.2 Å². The van der Waals surface area contributed by atoms with Gasteiger partial charge in [0.15, 0.2) is 0 Å². The predicted octanol–water partition coefficient (Wildman–Crippen LogP) is 3.09. The third kappa shape index (κ3) is 7.33. The number of ether oxygens (including phenoxy) is 1. The van der Waals surface area contributed by atoms with Gasteiger partial charge in [0.1, 0.15) is 5.75 Å². The molecule has 6 heteroatoms. The number of benzene rings is 2. The molecule has 0 spiro atoms. The summed E-state index contributed by atoms with van der Waals surface area (Å²) >= 11 is 0. The van der Waals surface area contributed by atoms with Gasteiger partial charge in [0.2, 0.25) is 10.0 Å². The van der Waals surface area contributed by atoms with Gasteiger partial charge in [0.25, 0.3) is 0 Å². The van der Waals surface area contributed by atoms with Gasteiger partial charge >= 0.3 is 0 Å². The number of nitrogens with zero attached hydrogens (tertiary/aromatic N) is 1. The first kappa shape index (κ1) is 21.4. The lowest BCUT2D eigenvalue weighted by atomic mass is 10.1. The Kier molecular flexibility index (Phi) is 7.83. The standard InChI is InChI=1S/C21H30N2O3S/c1-17-5-11-21(12-6-17)27(24,25)22-15-18(2)16-26-20-9-7-19(8-10-20)13-14-23(3)4/h5-12,18,22H,13-16H2,1-4H3. The van der Waals surface area contributed by atoms with Crippen LogP contribution in [0.5, 0.6) is 5.75 Å². The summed E-state index contributed by atoms with van der Waals surface area (Å²) in [6.07, 6.45) is 1.00. The zero-order chi connectivity index (χ0) is 19.9. The number of rotatable bonds is 10. The molecule has 0 aliphatic heterocycles. The average Bonchev–Trinajstić information content (AvgIpc) is 2.64. The number of hydrogen-bond donors (Lipinski definition) is 1. The fraction of sp³-hybridized carbons (Fsp3) is 0.429. The van der Waals surface area contributed by atoms with Gasteiger partial charge in [0, 0.05) is 19.0 Å². The molecule has 0 heterocycles. The Morgan fingerprint density at radius 1 is 1.04 bits per heavy atom. The topological polar surface area (TPSA) is 58.6 Å². The van der Waals surface area contributed by atoms with Crippen LogP contribution >= 0.6 is 0 Å². The van der Waals surface area contributed by atoms with E-state index >= 15 is 0 Å².